The second-order valence-electron chi connectivity index (χ2n) is 7.53. The lowest BCUT2D eigenvalue weighted by molar-refractivity contribution is -0.126. The summed E-state index contributed by atoms with van der Waals surface area (Å²) in [5, 5.41) is 5.66. The molecule has 0 unspecified atom stereocenters. The first kappa shape index (κ1) is 19.5. The zero-order valence-electron chi connectivity index (χ0n) is 16.1. The standard InChI is InChI=1S/C22H31N3O2/c26-21(23-14-13-18-7-3-1-4-8-18)17-22(27)24-19-9-11-20(12-10-19)25-15-5-2-6-16-25/h7,9-12H,1-6,8,13-17H2,(H,23,26)(H,24,27). The Bertz CT molecular complexity index is 661. The van der Waals surface area contributed by atoms with Gasteiger partial charge in [0.2, 0.25) is 11.8 Å². The van der Waals surface area contributed by atoms with E-state index in [1.54, 1.807) is 0 Å². The molecule has 1 aliphatic heterocycles. The van der Waals surface area contributed by atoms with Crippen LogP contribution in [0.2, 0.25) is 0 Å². The number of carbonyl (C=O) groups is 2. The predicted molar refractivity (Wildman–Crippen MR) is 110 cm³/mol. The second-order valence-corrected chi connectivity index (χ2v) is 7.53. The van der Waals surface area contributed by atoms with Crippen molar-refractivity contribution in [2.45, 2.75) is 57.8 Å². The number of amides is 2. The first-order valence-electron chi connectivity index (χ1n) is 10.3. The van der Waals surface area contributed by atoms with Crippen LogP contribution in [0.25, 0.3) is 0 Å². The Morgan fingerprint density at radius 3 is 2.41 bits per heavy atom. The summed E-state index contributed by atoms with van der Waals surface area (Å²) >= 11 is 0. The Morgan fingerprint density at radius 2 is 1.70 bits per heavy atom. The van der Waals surface area contributed by atoms with Crippen LogP contribution in [0.5, 0.6) is 0 Å². The maximum absolute atomic E-state index is 12.1. The molecule has 1 aromatic rings. The largest absolute Gasteiger partial charge is 0.372 e. The van der Waals surface area contributed by atoms with Crippen molar-refractivity contribution in [2.24, 2.45) is 0 Å². The molecule has 146 valence electrons. The first-order valence-corrected chi connectivity index (χ1v) is 10.3. The minimum Gasteiger partial charge on any atom is -0.372 e. The quantitative estimate of drug-likeness (QED) is 0.564. The first-order chi connectivity index (χ1) is 13.2. The highest BCUT2D eigenvalue weighted by molar-refractivity contribution is 6.03. The fourth-order valence-corrected chi connectivity index (χ4v) is 3.82. The molecule has 2 N–H and O–H groups in total. The number of benzene rings is 1. The molecule has 2 aliphatic rings. The molecule has 1 aromatic carbocycles. The normalized spacial score (nSPS) is 17.2. The number of hydrogen-bond donors (Lipinski definition) is 2. The molecule has 0 radical (unpaired) electrons. The third-order valence-electron chi connectivity index (χ3n) is 5.35. The fraction of sp³-hybridized carbons (Fsp3) is 0.545. The summed E-state index contributed by atoms with van der Waals surface area (Å²) in [5.74, 6) is -0.482. The highest BCUT2D eigenvalue weighted by Gasteiger charge is 2.12. The van der Waals surface area contributed by atoms with E-state index in [-0.39, 0.29) is 18.2 Å². The summed E-state index contributed by atoms with van der Waals surface area (Å²) < 4.78 is 0. The number of carbonyl (C=O) groups excluding carboxylic acids is 2. The van der Waals surface area contributed by atoms with E-state index in [4.69, 9.17) is 0 Å². The molecule has 0 bridgehead atoms. The number of nitrogens with one attached hydrogen (secondary N) is 2. The molecule has 0 atom stereocenters. The van der Waals surface area contributed by atoms with Crippen molar-refractivity contribution < 1.29 is 9.59 Å². The van der Waals surface area contributed by atoms with Crippen molar-refractivity contribution >= 4 is 23.2 Å². The molecule has 0 saturated carbocycles. The number of hydrogen-bond acceptors (Lipinski definition) is 3. The number of piperidine rings is 1. The third-order valence-corrected chi connectivity index (χ3v) is 5.35. The lowest BCUT2D eigenvalue weighted by Gasteiger charge is -2.28. The number of nitrogens with zero attached hydrogens (tertiary/aromatic N) is 1. The van der Waals surface area contributed by atoms with Crippen LogP contribution in [0.3, 0.4) is 0 Å². The molecule has 1 heterocycles. The van der Waals surface area contributed by atoms with Gasteiger partial charge in [0.15, 0.2) is 0 Å². The maximum atomic E-state index is 12.1. The van der Waals surface area contributed by atoms with Gasteiger partial charge < -0.3 is 15.5 Å². The Kier molecular flexibility index (Phi) is 7.31. The number of allylic oxidation sites excluding steroid dienone is 1. The molecular formula is C22H31N3O2. The van der Waals surface area contributed by atoms with Crippen LogP contribution in [0, 0.1) is 0 Å². The van der Waals surface area contributed by atoms with E-state index in [1.807, 2.05) is 24.3 Å². The lowest BCUT2D eigenvalue weighted by atomic mass is 9.97. The van der Waals surface area contributed by atoms with Crippen molar-refractivity contribution in [1.82, 2.24) is 5.32 Å². The zero-order valence-corrected chi connectivity index (χ0v) is 16.1. The van der Waals surface area contributed by atoms with Gasteiger partial charge in [0.25, 0.3) is 0 Å². The molecule has 27 heavy (non-hydrogen) atoms. The van der Waals surface area contributed by atoms with Gasteiger partial charge in [0.05, 0.1) is 0 Å². The summed E-state index contributed by atoms with van der Waals surface area (Å²) in [6.45, 7) is 2.81. The summed E-state index contributed by atoms with van der Waals surface area (Å²) in [6, 6.07) is 7.91. The average molecular weight is 370 g/mol. The van der Waals surface area contributed by atoms with Crippen molar-refractivity contribution in [1.29, 1.82) is 0 Å². The second kappa shape index (κ2) is 10.1. The van der Waals surface area contributed by atoms with Crippen LogP contribution >= 0.6 is 0 Å². The smallest absolute Gasteiger partial charge is 0.233 e. The summed E-state index contributed by atoms with van der Waals surface area (Å²) in [5.41, 5.74) is 3.36. The molecular weight excluding hydrogens is 338 g/mol. The van der Waals surface area contributed by atoms with Gasteiger partial charge >= 0.3 is 0 Å². The molecule has 1 saturated heterocycles. The topological polar surface area (TPSA) is 61.4 Å². The van der Waals surface area contributed by atoms with E-state index in [2.05, 4.69) is 21.6 Å². The SMILES string of the molecule is O=C(CC(=O)Nc1ccc(N2CCCCC2)cc1)NCCC1=CCCCC1. The van der Waals surface area contributed by atoms with E-state index >= 15 is 0 Å². The van der Waals surface area contributed by atoms with Gasteiger partial charge in [-0.1, -0.05) is 11.6 Å². The number of rotatable bonds is 7. The van der Waals surface area contributed by atoms with Crippen LogP contribution in [-0.4, -0.2) is 31.4 Å². The van der Waals surface area contributed by atoms with Crippen LogP contribution in [0.1, 0.15) is 57.8 Å². The Balaban J connectivity index is 1.37. The van der Waals surface area contributed by atoms with Crippen LogP contribution in [0.15, 0.2) is 35.9 Å². The molecule has 2 amide bonds. The molecule has 3 rings (SSSR count). The Hall–Kier alpha value is -2.30. The summed E-state index contributed by atoms with van der Waals surface area (Å²) in [7, 11) is 0. The fourth-order valence-electron chi connectivity index (χ4n) is 3.82. The average Bonchev–Trinajstić information content (AvgIpc) is 2.70. The van der Waals surface area contributed by atoms with Gasteiger partial charge in [0, 0.05) is 31.0 Å². The van der Waals surface area contributed by atoms with Crippen molar-refractivity contribution in [3.05, 3.63) is 35.9 Å². The maximum Gasteiger partial charge on any atom is 0.233 e. The van der Waals surface area contributed by atoms with E-state index in [0.717, 1.165) is 38.0 Å². The monoisotopic (exact) mass is 369 g/mol. The molecule has 1 aliphatic carbocycles. The van der Waals surface area contributed by atoms with Gasteiger partial charge in [0.1, 0.15) is 6.42 Å². The third kappa shape index (κ3) is 6.42. The molecule has 0 spiro atoms. The lowest BCUT2D eigenvalue weighted by Crippen LogP contribution is -2.29. The van der Waals surface area contributed by atoms with E-state index in [9.17, 15) is 9.59 Å². The van der Waals surface area contributed by atoms with Crippen LogP contribution in [-0.2, 0) is 9.59 Å². The van der Waals surface area contributed by atoms with Gasteiger partial charge in [-0.25, -0.2) is 0 Å². The van der Waals surface area contributed by atoms with E-state index in [1.165, 1.54) is 43.4 Å². The van der Waals surface area contributed by atoms with Crippen LogP contribution in [0.4, 0.5) is 11.4 Å². The highest BCUT2D eigenvalue weighted by atomic mass is 16.2. The predicted octanol–water partition coefficient (Wildman–Crippen LogP) is 4.01. The number of anilines is 2. The van der Waals surface area contributed by atoms with Crippen LogP contribution < -0.4 is 15.5 Å². The van der Waals surface area contributed by atoms with Crippen molar-refractivity contribution in [2.75, 3.05) is 29.9 Å². The molecule has 0 aromatic heterocycles. The van der Waals surface area contributed by atoms with Crippen molar-refractivity contribution in [3.63, 3.8) is 0 Å². The van der Waals surface area contributed by atoms with Gasteiger partial charge in [-0.3, -0.25) is 9.59 Å². The zero-order chi connectivity index (χ0) is 18.9. The Labute approximate surface area is 162 Å². The minimum atomic E-state index is -0.268. The van der Waals surface area contributed by atoms with E-state index < -0.39 is 0 Å². The van der Waals surface area contributed by atoms with Gasteiger partial charge in [-0.05, 0) is 75.6 Å². The highest BCUT2D eigenvalue weighted by Crippen LogP contribution is 2.22. The van der Waals surface area contributed by atoms with Gasteiger partial charge in [-0.15, -0.1) is 0 Å². The summed E-state index contributed by atoms with van der Waals surface area (Å²) in [6.07, 6.45) is 11.7. The Morgan fingerprint density at radius 1 is 0.926 bits per heavy atom. The van der Waals surface area contributed by atoms with Crippen molar-refractivity contribution in [3.8, 4) is 0 Å². The van der Waals surface area contributed by atoms with Gasteiger partial charge in [-0.2, -0.15) is 0 Å². The summed E-state index contributed by atoms with van der Waals surface area (Å²) in [4.78, 5) is 26.4. The molecule has 1 fully saturated rings. The molecule has 5 heteroatoms. The minimum absolute atomic E-state index is 0.132. The molecule has 5 nitrogen and oxygen atoms in total. The van der Waals surface area contributed by atoms with E-state index in [0.29, 0.717) is 6.54 Å².